The fourth-order valence-corrected chi connectivity index (χ4v) is 4.20. The molecule has 136 valence electrons. The van der Waals surface area contributed by atoms with Crippen molar-refractivity contribution in [3.63, 3.8) is 0 Å². The average molecular weight is 352 g/mol. The van der Waals surface area contributed by atoms with Crippen LogP contribution in [0.1, 0.15) is 74.8 Å². The molecule has 1 aliphatic rings. The van der Waals surface area contributed by atoms with Crippen molar-refractivity contribution in [3.8, 4) is 0 Å². The molecule has 1 amide bonds. The average Bonchev–Trinajstić information content (AvgIpc) is 2.87. The van der Waals surface area contributed by atoms with Crippen molar-refractivity contribution in [1.82, 2.24) is 15.2 Å². The second kappa shape index (κ2) is 7.12. The summed E-state index contributed by atoms with van der Waals surface area (Å²) >= 11 is 1.52. The highest BCUT2D eigenvalue weighted by atomic mass is 32.1. The van der Waals surface area contributed by atoms with Crippen LogP contribution in [0.3, 0.4) is 0 Å². The molecule has 1 saturated heterocycles. The predicted molar refractivity (Wildman–Crippen MR) is 102 cm³/mol. The lowest BCUT2D eigenvalue weighted by molar-refractivity contribution is 0.0658. The summed E-state index contributed by atoms with van der Waals surface area (Å²) in [5.41, 5.74) is 0.805. The van der Waals surface area contributed by atoms with E-state index in [2.05, 4.69) is 56.7 Å². The molecular formula is C19H33N3OS. The number of hydrogen-bond acceptors (Lipinski definition) is 4. The molecule has 2 rings (SSSR count). The van der Waals surface area contributed by atoms with E-state index in [1.54, 1.807) is 0 Å². The van der Waals surface area contributed by atoms with Gasteiger partial charge in [0.15, 0.2) is 0 Å². The highest BCUT2D eigenvalue weighted by molar-refractivity contribution is 7.14. The summed E-state index contributed by atoms with van der Waals surface area (Å²) in [6, 6.07) is 0. The summed E-state index contributed by atoms with van der Waals surface area (Å²) < 4.78 is 0. The first-order valence-corrected chi connectivity index (χ1v) is 9.83. The van der Waals surface area contributed by atoms with E-state index in [1.807, 2.05) is 6.92 Å². The fourth-order valence-electron chi connectivity index (χ4n) is 3.16. The van der Waals surface area contributed by atoms with Crippen molar-refractivity contribution in [2.75, 3.05) is 19.6 Å². The fraction of sp³-hybridized carbons (Fsp3) is 0.789. The predicted octanol–water partition coefficient (Wildman–Crippen LogP) is 3.99. The Labute approximate surface area is 151 Å². The topological polar surface area (TPSA) is 45.2 Å². The minimum atomic E-state index is -0.0181. The monoisotopic (exact) mass is 351 g/mol. The molecule has 0 saturated carbocycles. The van der Waals surface area contributed by atoms with Crippen LogP contribution in [-0.2, 0) is 5.41 Å². The van der Waals surface area contributed by atoms with Crippen LogP contribution in [0, 0.1) is 12.8 Å². The van der Waals surface area contributed by atoms with Gasteiger partial charge in [0.2, 0.25) is 0 Å². The number of nitrogens with zero attached hydrogens (tertiary/aromatic N) is 2. The first kappa shape index (κ1) is 19.4. The zero-order valence-corrected chi connectivity index (χ0v) is 17.1. The van der Waals surface area contributed by atoms with E-state index in [-0.39, 0.29) is 16.9 Å². The molecule has 1 atom stereocenters. The molecule has 2 heterocycles. The maximum absolute atomic E-state index is 12.6. The molecular weight excluding hydrogens is 318 g/mol. The van der Waals surface area contributed by atoms with E-state index in [1.165, 1.54) is 24.2 Å². The van der Waals surface area contributed by atoms with Crippen LogP contribution in [-0.4, -0.2) is 41.0 Å². The summed E-state index contributed by atoms with van der Waals surface area (Å²) in [5, 5.41) is 4.17. The molecule has 0 radical (unpaired) electrons. The third kappa shape index (κ3) is 4.57. The molecule has 1 fully saturated rings. The van der Waals surface area contributed by atoms with E-state index in [9.17, 15) is 4.79 Å². The second-order valence-electron chi connectivity index (χ2n) is 8.87. The lowest BCUT2D eigenvalue weighted by atomic mass is 9.93. The van der Waals surface area contributed by atoms with Crippen molar-refractivity contribution in [2.24, 2.45) is 5.92 Å². The normalized spacial score (nSPS) is 20.2. The van der Waals surface area contributed by atoms with E-state index < -0.39 is 0 Å². The molecule has 1 unspecified atom stereocenters. The van der Waals surface area contributed by atoms with E-state index in [4.69, 9.17) is 0 Å². The van der Waals surface area contributed by atoms with Crippen LogP contribution in [0.4, 0.5) is 0 Å². The molecule has 1 aromatic heterocycles. The van der Waals surface area contributed by atoms with Gasteiger partial charge in [0.1, 0.15) is 4.88 Å². The summed E-state index contributed by atoms with van der Waals surface area (Å²) in [5.74, 6) is 0.755. The van der Waals surface area contributed by atoms with Crippen molar-refractivity contribution in [1.29, 1.82) is 0 Å². The number of aryl methyl sites for hydroxylation is 1. The number of carbonyl (C=O) groups is 1. The summed E-state index contributed by atoms with van der Waals surface area (Å²) in [4.78, 5) is 20.5. The molecule has 4 nitrogen and oxygen atoms in total. The zero-order valence-electron chi connectivity index (χ0n) is 16.3. The lowest BCUT2D eigenvalue weighted by Gasteiger charge is -2.43. The first-order valence-electron chi connectivity index (χ1n) is 9.02. The second-order valence-corrected chi connectivity index (χ2v) is 9.87. The summed E-state index contributed by atoms with van der Waals surface area (Å²) in [7, 11) is 0. The molecule has 5 heteroatoms. The van der Waals surface area contributed by atoms with Crippen molar-refractivity contribution in [2.45, 2.75) is 72.3 Å². The smallest absolute Gasteiger partial charge is 0.263 e. The molecule has 1 aromatic rings. The van der Waals surface area contributed by atoms with Gasteiger partial charge in [-0.2, -0.15) is 0 Å². The maximum Gasteiger partial charge on any atom is 0.263 e. The van der Waals surface area contributed by atoms with Gasteiger partial charge in [-0.25, -0.2) is 4.98 Å². The van der Waals surface area contributed by atoms with Crippen LogP contribution in [0.25, 0.3) is 0 Å². The van der Waals surface area contributed by atoms with Gasteiger partial charge < -0.3 is 5.32 Å². The van der Waals surface area contributed by atoms with Gasteiger partial charge in [0, 0.05) is 24.0 Å². The highest BCUT2D eigenvalue weighted by Crippen LogP contribution is 2.29. The van der Waals surface area contributed by atoms with Crippen LogP contribution < -0.4 is 5.32 Å². The number of rotatable bonds is 4. The zero-order chi connectivity index (χ0) is 18.1. The van der Waals surface area contributed by atoms with Crippen LogP contribution >= 0.6 is 11.3 Å². The van der Waals surface area contributed by atoms with Gasteiger partial charge in [0.05, 0.1) is 10.7 Å². The Bertz CT molecular complexity index is 586. The van der Waals surface area contributed by atoms with Crippen molar-refractivity contribution < 1.29 is 4.79 Å². The molecule has 1 N–H and O–H groups in total. The Morgan fingerprint density at radius 3 is 2.54 bits per heavy atom. The number of piperidine rings is 1. The van der Waals surface area contributed by atoms with Gasteiger partial charge in [-0.3, -0.25) is 9.69 Å². The standard InChI is InChI=1S/C19H33N3OS/c1-13-9-8-10-22(11-13)19(6,7)12-20-16(23)15-14(2)21-17(24-15)18(3,4)5/h13H,8-12H2,1-7H3,(H,20,23). The Morgan fingerprint density at radius 2 is 2.00 bits per heavy atom. The number of likely N-dealkylation sites (tertiary alicyclic amines) is 1. The Morgan fingerprint density at radius 1 is 1.33 bits per heavy atom. The van der Waals surface area contributed by atoms with Crippen molar-refractivity contribution >= 4 is 17.2 Å². The summed E-state index contributed by atoms with van der Waals surface area (Å²) in [6.45, 7) is 18.0. The van der Waals surface area contributed by atoms with Crippen LogP contribution in [0.15, 0.2) is 0 Å². The number of hydrogen-bond donors (Lipinski definition) is 1. The Balaban J connectivity index is 2.01. The van der Waals surface area contributed by atoms with Crippen LogP contribution in [0.2, 0.25) is 0 Å². The largest absolute Gasteiger partial charge is 0.349 e. The first-order chi connectivity index (χ1) is 11.0. The molecule has 0 aliphatic carbocycles. The number of nitrogens with one attached hydrogen (secondary N) is 1. The minimum Gasteiger partial charge on any atom is -0.349 e. The third-order valence-electron chi connectivity index (χ3n) is 4.84. The lowest BCUT2D eigenvalue weighted by Crippen LogP contribution is -2.54. The van der Waals surface area contributed by atoms with Gasteiger partial charge in [-0.1, -0.05) is 27.7 Å². The SMILES string of the molecule is Cc1nc(C(C)(C)C)sc1C(=O)NCC(C)(C)N1CCCC(C)C1. The summed E-state index contributed by atoms with van der Waals surface area (Å²) in [6.07, 6.45) is 2.57. The Hall–Kier alpha value is -0.940. The number of carbonyl (C=O) groups excluding carboxylic acids is 1. The highest BCUT2D eigenvalue weighted by Gasteiger charge is 2.31. The van der Waals surface area contributed by atoms with Crippen LogP contribution in [0.5, 0.6) is 0 Å². The number of amides is 1. The minimum absolute atomic E-state index is 0.0126. The number of thiazole rings is 1. The molecule has 0 bridgehead atoms. The quantitative estimate of drug-likeness (QED) is 0.892. The van der Waals surface area contributed by atoms with Gasteiger partial charge in [0.25, 0.3) is 5.91 Å². The molecule has 0 spiro atoms. The van der Waals surface area contributed by atoms with Crippen molar-refractivity contribution in [3.05, 3.63) is 15.6 Å². The van der Waals surface area contributed by atoms with E-state index in [0.717, 1.165) is 34.6 Å². The molecule has 24 heavy (non-hydrogen) atoms. The van der Waals surface area contributed by atoms with E-state index >= 15 is 0 Å². The van der Waals surface area contributed by atoms with Gasteiger partial charge in [-0.15, -0.1) is 11.3 Å². The maximum atomic E-state index is 12.6. The Kier molecular flexibility index (Phi) is 5.75. The van der Waals surface area contributed by atoms with Gasteiger partial charge in [-0.05, 0) is 46.1 Å². The third-order valence-corrected chi connectivity index (χ3v) is 6.42. The van der Waals surface area contributed by atoms with Gasteiger partial charge >= 0.3 is 0 Å². The molecule has 1 aliphatic heterocycles. The molecule has 0 aromatic carbocycles. The number of aromatic nitrogens is 1. The van der Waals surface area contributed by atoms with E-state index in [0.29, 0.717) is 6.54 Å².